The molecule has 2 N–H and O–H groups in total. The third-order valence-electron chi connectivity index (χ3n) is 6.48. The van der Waals surface area contributed by atoms with Crippen molar-refractivity contribution >= 4 is 52.9 Å². The van der Waals surface area contributed by atoms with Gasteiger partial charge in [-0.1, -0.05) is 86.3 Å². The first-order valence-corrected chi connectivity index (χ1v) is 14.0. The number of nitrogens with zero attached hydrogens (tertiary/aromatic N) is 2. The lowest BCUT2D eigenvalue weighted by molar-refractivity contribution is 0.236. The Kier molecular flexibility index (Phi) is 11.7. The molecule has 0 fully saturated rings. The maximum absolute atomic E-state index is 11.6. The van der Waals surface area contributed by atoms with Gasteiger partial charge in [-0.3, -0.25) is 4.90 Å². The highest BCUT2D eigenvalue weighted by molar-refractivity contribution is 7.99. The number of para-hydroxylation sites is 4. The summed E-state index contributed by atoms with van der Waals surface area (Å²) in [6, 6.07) is 36.4. The summed E-state index contributed by atoms with van der Waals surface area (Å²) < 4.78 is 0. The summed E-state index contributed by atoms with van der Waals surface area (Å²) in [6.45, 7) is 10.0. The van der Waals surface area contributed by atoms with Crippen molar-refractivity contribution in [2.75, 3.05) is 35.2 Å². The van der Waals surface area contributed by atoms with Crippen LogP contribution in [0.25, 0.3) is 0 Å². The molecule has 0 saturated heterocycles. The molecule has 39 heavy (non-hydrogen) atoms. The summed E-state index contributed by atoms with van der Waals surface area (Å²) in [5.41, 5.74) is 4.22. The molecule has 4 aromatic rings. The van der Waals surface area contributed by atoms with E-state index >= 15 is 0 Å². The number of carbonyl (C=O) groups is 1. The van der Waals surface area contributed by atoms with Crippen LogP contribution >= 0.6 is 24.2 Å². The molecule has 0 bridgehead atoms. The largest absolute Gasteiger partial charge is 0.338 e. The predicted octanol–water partition coefficient (Wildman–Crippen LogP) is 8.77. The average Bonchev–Trinajstić information content (AvgIpc) is 2.95. The number of likely N-dealkylation sites (N-methyl/N-ethyl adjacent to an activating group) is 1. The zero-order valence-electron chi connectivity index (χ0n) is 22.7. The van der Waals surface area contributed by atoms with Crippen molar-refractivity contribution in [3.8, 4) is 0 Å². The number of urea groups is 1. The van der Waals surface area contributed by atoms with Gasteiger partial charge >= 0.3 is 6.03 Å². The van der Waals surface area contributed by atoms with Gasteiger partial charge in [-0.2, -0.15) is 0 Å². The Labute approximate surface area is 243 Å². The standard InChI is InChI=1S/C19H24N2S.C13H12N2O.ClH/c1-4-20(5-2)15(3)14-21-16-10-6-8-12-18(16)22-19-13-9-7-11-17(19)21;16-13(14-11-7-3-1-4-8-11)15-12-9-5-2-6-10-12;/h6-13,15H,4-5,14H2,1-3H3;1-10H,(H2,14,15,16);1H. The molecule has 1 heterocycles. The average molecular weight is 561 g/mol. The second-order valence-electron chi connectivity index (χ2n) is 9.03. The molecule has 204 valence electrons. The lowest BCUT2D eigenvalue weighted by atomic mass is 10.1. The molecule has 0 saturated carbocycles. The van der Waals surface area contributed by atoms with Crippen LogP contribution in [0.2, 0.25) is 0 Å². The summed E-state index contributed by atoms with van der Waals surface area (Å²) in [5.74, 6) is 0. The fraction of sp³-hybridized carbons (Fsp3) is 0.219. The number of fused-ring (bicyclic) bond motifs is 2. The molecule has 7 heteroatoms. The highest BCUT2D eigenvalue weighted by atomic mass is 35.5. The molecule has 0 aromatic heterocycles. The molecule has 1 aliphatic rings. The molecule has 1 aliphatic heterocycles. The number of benzene rings is 4. The maximum atomic E-state index is 11.6. The monoisotopic (exact) mass is 560 g/mol. The molecule has 0 aliphatic carbocycles. The number of amides is 2. The number of halogens is 1. The van der Waals surface area contributed by atoms with Gasteiger partial charge in [0.2, 0.25) is 0 Å². The minimum Gasteiger partial charge on any atom is -0.338 e. The van der Waals surface area contributed by atoms with Gasteiger partial charge in [-0.25, -0.2) is 4.79 Å². The second kappa shape index (κ2) is 15.2. The molecule has 1 unspecified atom stereocenters. The quantitative estimate of drug-likeness (QED) is 0.237. The van der Waals surface area contributed by atoms with E-state index in [4.69, 9.17) is 0 Å². The van der Waals surface area contributed by atoms with E-state index in [0.717, 1.165) is 31.0 Å². The molecular formula is C32H37ClN4OS. The Morgan fingerprint density at radius 3 is 1.56 bits per heavy atom. The first-order chi connectivity index (χ1) is 18.6. The molecule has 5 rings (SSSR count). The third kappa shape index (κ3) is 8.27. The lowest BCUT2D eigenvalue weighted by Crippen LogP contribution is -2.41. The van der Waals surface area contributed by atoms with Crippen LogP contribution in [-0.4, -0.2) is 36.6 Å². The van der Waals surface area contributed by atoms with Crippen LogP contribution in [0.1, 0.15) is 20.8 Å². The van der Waals surface area contributed by atoms with Crippen molar-refractivity contribution in [3.05, 3.63) is 109 Å². The summed E-state index contributed by atoms with van der Waals surface area (Å²) in [4.78, 5) is 19.3. The Morgan fingerprint density at radius 2 is 1.13 bits per heavy atom. The van der Waals surface area contributed by atoms with Gasteiger partial charge in [0.25, 0.3) is 0 Å². The molecule has 5 nitrogen and oxygen atoms in total. The molecule has 0 radical (unpaired) electrons. The van der Waals surface area contributed by atoms with Crippen molar-refractivity contribution in [2.24, 2.45) is 0 Å². The van der Waals surface area contributed by atoms with Gasteiger partial charge < -0.3 is 15.5 Å². The van der Waals surface area contributed by atoms with Crippen molar-refractivity contribution in [1.82, 2.24) is 4.90 Å². The SMILES string of the molecule is CCN(CC)C(C)CN1c2ccccc2Sc2ccccc21.Cl.O=C(Nc1ccccc1)Nc1ccccc1. The first kappa shape index (κ1) is 30.1. The lowest BCUT2D eigenvalue weighted by Gasteiger charge is -2.37. The van der Waals surface area contributed by atoms with E-state index in [-0.39, 0.29) is 18.4 Å². The second-order valence-corrected chi connectivity index (χ2v) is 10.1. The summed E-state index contributed by atoms with van der Waals surface area (Å²) in [5, 5.41) is 5.48. The van der Waals surface area contributed by atoms with Gasteiger partial charge in [-0.05, 0) is 68.5 Å². The van der Waals surface area contributed by atoms with Crippen molar-refractivity contribution in [2.45, 2.75) is 36.6 Å². The molecular weight excluding hydrogens is 524 g/mol. The molecule has 4 aromatic carbocycles. The van der Waals surface area contributed by atoms with Crippen LogP contribution in [0.5, 0.6) is 0 Å². The minimum absolute atomic E-state index is 0. The van der Waals surface area contributed by atoms with Crippen LogP contribution in [0.4, 0.5) is 27.5 Å². The summed E-state index contributed by atoms with van der Waals surface area (Å²) in [6.07, 6.45) is 0. The Balaban J connectivity index is 0.000000220. The number of nitrogens with one attached hydrogen (secondary N) is 2. The third-order valence-corrected chi connectivity index (χ3v) is 7.61. The van der Waals surface area contributed by atoms with E-state index in [9.17, 15) is 4.79 Å². The van der Waals surface area contributed by atoms with E-state index in [1.165, 1.54) is 21.2 Å². The van der Waals surface area contributed by atoms with Gasteiger partial charge in [0.1, 0.15) is 0 Å². The Morgan fingerprint density at radius 1 is 0.718 bits per heavy atom. The van der Waals surface area contributed by atoms with Crippen LogP contribution in [0.3, 0.4) is 0 Å². The van der Waals surface area contributed by atoms with Crippen molar-refractivity contribution < 1.29 is 4.79 Å². The number of carbonyl (C=O) groups excluding carboxylic acids is 1. The zero-order valence-corrected chi connectivity index (χ0v) is 24.3. The zero-order chi connectivity index (χ0) is 26.7. The van der Waals surface area contributed by atoms with E-state index < -0.39 is 0 Å². The Hall–Kier alpha value is -3.45. The van der Waals surface area contributed by atoms with Crippen molar-refractivity contribution in [3.63, 3.8) is 0 Å². The number of rotatable bonds is 7. The first-order valence-electron chi connectivity index (χ1n) is 13.1. The van der Waals surface area contributed by atoms with E-state index in [2.05, 4.69) is 89.7 Å². The molecule has 1 atom stereocenters. The summed E-state index contributed by atoms with van der Waals surface area (Å²) >= 11 is 1.88. The summed E-state index contributed by atoms with van der Waals surface area (Å²) in [7, 11) is 0. The van der Waals surface area contributed by atoms with Gasteiger partial charge in [-0.15, -0.1) is 12.4 Å². The molecule has 0 spiro atoms. The van der Waals surface area contributed by atoms with Crippen LogP contribution in [-0.2, 0) is 0 Å². The van der Waals surface area contributed by atoms with Crippen molar-refractivity contribution in [1.29, 1.82) is 0 Å². The van der Waals surface area contributed by atoms with E-state index in [1.54, 1.807) is 0 Å². The Bertz CT molecular complexity index is 1210. The van der Waals surface area contributed by atoms with Crippen LogP contribution < -0.4 is 15.5 Å². The van der Waals surface area contributed by atoms with Crippen LogP contribution in [0.15, 0.2) is 119 Å². The van der Waals surface area contributed by atoms with Gasteiger partial charge in [0.15, 0.2) is 0 Å². The fourth-order valence-corrected chi connectivity index (χ4v) is 5.64. The van der Waals surface area contributed by atoms with Crippen LogP contribution in [0, 0.1) is 0 Å². The maximum Gasteiger partial charge on any atom is 0.323 e. The smallest absolute Gasteiger partial charge is 0.323 e. The highest BCUT2D eigenvalue weighted by Gasteiger charge is 2.25. The topological polar surface area (TPSA) is 47.6 Å². The number of anilines is 4. The van der Waals surface area contributed by atoms with E-state index in [1.807, 2.05) is 72.4 Å². The number of hydrogen-bond acceptors (Lipinski definition) is 4. The number of hydrogen-bond donors (Lipinski definition) is 2. The van der Waals surface area contributed by atoms with Gasteiger partial charge in [0.05, 0.1) is 11.4 Å². The highest BCUT2D eigenvalue weighted by Crippen LogP contribution is 2.47. The predicted molar refractivity (Wildman–Crippen MR) is 169 cm³/mol. The van der Waals surface area contributed by atoms with Gasteiger partial charge in [0, 0.05) is 33.8 Å². The normalized spacial score (nSPS) is 12.2. The minimum atomic E-state index is -0.239. The molecule has 2 amide bonds. The van der Waals surface area contributed by atoms with E-state index in [0.29, 0.717) is 6.04 Å². The fourth-order valence-electron chi connectivity index (χ4n) is 4.54.